The van der Waals surface area contributed by atoms with Gasteiger partial charge in [0.25, 0.3) is 0 Å². The van der Waals surface area contributed by atoms with Crippen molar-refractivity contribution in [2.75, 3.05) is 0 Å². The van der Waals surface area contributed by atoms with Crippen LogP contribution in [0.1, 0.15) is 77.0 Å². The molecule has 1 rings (SSSR count). The third-order valence-corrected chi connectivity index (χ3v) is 3.62. The van der Waals surface area contributed by atoms with Crippen molar-refractivity contribution in [3.8, 4) is 0 Å². The summed E-state index contributed by atoms with van der Waals surface area (Å²) in [5.74, 6) is -4.38. The number of carbonyl (C=O) groups is 6. The molecule has 0 aromatic heterocycles. The molecule has 0 spiro atoms. The molecular weight excluding hydrogens is 416 g/mol. The lowest BCUT2D eigenvalue weighted by atomic mass is 10.1. The predicted octanol–water partition coefficient (Wildman–Crippen LogP) is 2.62. The van der Waals surface area contributed by atoms with E-state index >= 15 is 0 Å². The van der Waals surface area contributed by atoms with Gasteiger partial charge in [-0.05, 0) is 25.7 Å². The van der Waals surface area contributed by atoms with E-state index in [9.17, 15) is 28.8 Å². The molecule has 0 atom stereocenters. The van der Waals surface area contributed by atoms with E-state index in [1.165, 1.54) is 0 Å². The highest BCUT2D eigenvalue weighted by atomic mass is 16.6. The molecule has 0 aromatic rings. The van der Waals surface area contributed by atoms with Gasteiger partial charge in [0.1, 0.15) is 0 Å². The largest absolute Gasteiger partial charge is 0.481 e. The Balaban J connectivity index is 0. The predicted molar refractivity (Wildman–Crippen MR) is 106 cm³/mol. The second-order valence-corrected chi connectivity index (χ2v) is 6.48. The standard InChI is InChI=1S/C10H18O4.C6H10O4.C4H2O3/c11-9(12)7-5-3-1-2-4-6-8-10(13)14;7-5(8)3-1-2-4-6(9)10;5-3-1-2-4(6)7-3/h1-8H2,(H,11,12)(H,13,14);1-4H2,(H,7,8)(H,9,10);1-2H. The van der Waals surface area contributed by atoms with E-state index in [-0.39, 0.29) is 25.7 Å². The lowest BCUT2D eigenvalue weighted by Crippen LogP contribution is -1.97. The molecule has 1 aliphatic rings. The molecule has 0 radical (unpaired) electrons. The van der Waals surface area contributed by atoms with Crippen LogP contribution in [0.3, 0.4) is 0 Å². The molecule has 0 bridgehead atoms. The summed E-state index contributed by atoms with van der Waals surface area (Å²) in [6, 6.07) is 0. The number of hydrogen-bond acceptors (Lipinski definition) is 7. The van der Waals surface area contributed by atoms with Gasteiger partial charge in [-0.3, -0.25) is 19.2 Å². The molecule has 0 saturated heterocycles. The number of rotatable bonds is 14. The number of esters is 2. The fourth-order valence-electron chi connectivity index (χ4n) is 2.12. The average Bonchev–Trinajstić information content (AvgIpc) is 3.04. The van der Waals surface area contributed by atoms with Crippen LogP contribution in [0, 0.1) is 0 Å². The summed E-state index contributed by atoms with van der Waals surface area (Å²) in [4.78, 5) is 59.9. The van der Waals surface area contributed by atoms with E-state index in [2.05, 4.69) is 4.74 Å². The topological polar surface area (TPSA) is 193 Å². The van der Waals surface area contributed by atoms with Crippen LogP contribution in [0.2, 0.25) is 0 Å². The lowest BCUT2D eigenvalue weighted by molar-refractivity contribution is -0.150. The van der Waals surface area contributed by atoms with Gasteiger partial charge in [-0.1, -0.05) is 25.7 Å². The number of carboxylic acid groups (broad SMARTS) is 4. The van der Waals surface area contributed by atoms with Crippen molar-refractivity contribution < 1.29 is 53.9 Å². The summed E-state index contributed by atoms with van der Waals surface area (Å²) < 4.78 is 3.97. The van der Waals surface area contributed by atoms with Crippen molar-refractivity contribution >= 4 is 35.8 Å². The molecule has 0 aromatic carbocycles. The van der Waals surface area contributed by atoms with E-state index in [0.717, 1.165) is 50.7 Å². The summed E-state index contributed by atoms with van der Waals surface area (Å²) in [6.07, 6.45) is 9.01. The van der Waals surface area contributed by atoms with Crippen molar-refractivity contribution in [1.29, 1.82) is 0 Å². The van der Waals surface area contributed by atoms with E-state index < -0.39 is 35.8 Å². The minimum absolute atomic E-state index is 0.0628. The Morgan fingerprint density at radius 3 is 0.935 bits per heavy atom. The smallest absolute Gasteiger partial charge is 0.338 e. The highest BCUT2D eigenvalue weighted by Gasteiger charge is 2.10. The number of aliphatic carboxylic acids is 4. The number of cyclic esters (lactones) is 2. The first-order chi connectivity index (χ1) is 14.5. The molecule has 0 aliphatic carbocycles. The maximum atomic E-state index is 10.1. The first-order valence-electron chi connectivity index (χ1n) is 9.85. The van der Waals surface area contributed by atoms with Gasteiger partial charge in [0.15, 0.2) is 0 Å². The fraction of sp³-hybridized carbons (Fsp3) is 0.600. The van der Waals surface area contributed by atoms with Crippen LogP contribution in [0.5, 0.6) is 0 Å². The number of carbonyl (C=O) groups excluding carboxylic acids is 2. The third kappa shape index (κ3) is 29.1. The normalized spacial score (nSPS) is 11.5. The molecule has 31 heavy (non-hydrogen) atoms. The maximum Gasteiger partial charge on any atom is 0.338 e. The summed E-state index contributed by atoms with van der Waals surface area (Å²) in [5, 5.41) is 33.0. The molecule has 176 valence electrons. The molecule has 0 saturated carbocycles. The van der Waals surface area contributed by atoms with Crippen LogP contribution in [0.4, 0.5) is 0 Å². The van der Waals surface area contributed by atoms with Crippen LogP contribution in [-0.4, -0.2) is 56.2 Å². The first kappa shape index (κ1) is 30.0. The van der Waals surface area contributed by atoms with Gasteiger partial charge in [0.05, 0.1) is 0 Å². The minimum atomic E-state index is -0.870. The number of hydrogen-bond donors (Lipinski definition) is 4. The van der Waals surface area contributed by atoms with Crippen LogP contribution in [-0.2, 0) is 33.5 Å². The third-order valence-electron chi connectivity index (χ3n) is 3.62. The number of carboxylic acids is 4. The Labute approximate surface area is 179 Å². The van der Waals surface area contributed by atoms with Crippen LogP contribution < -0.4 is 0 Å². The summed E-state index contributed by atoms with van der Waals surface area (Å²) in [6.45, 7) is 0. The maximum absolute atomic E-state index is 10.1. The molecule has 11 nitrogen and oxygen atoms in total. The highest BCUT2D eigenvalue weighted by Crippen LogP contribution is 2.08. The van der Waals surface area contributed by atoms with Crippen molar-refractivity contribution in [2.24, 2.45) is 0 Å². The van der Waals surface area contributed by atoms with Crippen LogP contribution in [0.25, 0.3) is 0 Å². The second kappa shape index (κ2) is 20.0. The summed E-state index contributed by atoms with van der Waals surface area (Å²) >= 11 is 0. The van der Waals surface area contributed by atoms with E-state index in [1.54, 1.807) is 0 Å². The SMILES string of the molecule is O=C(O)CCCCC(=O)O.O=C(O)CCCCCCCCC(=O)O.O=C1C=CC(=O)O1. The van der Waals surface area contributed by atoms with Gasteiger partial charge < -0.3 is 25.2 Å². The monoisotopic (exact) mass is 446 g/mol. The van der Waals surface area contributed by atoms with E-state index in [4.69, 9.17) is 20.4 Å². The first-order valence-corrected chi connectivity index (χ1v) is 9.85. The Hall–Kier alpha value is -3.24. The van der Waals surface area contributed by atoms with Crippen molar-refractivity contribution in [1.82, 2.24) is 0 Å². The Kier molecular flexibility index (Phi) is 19.4. The van der Waals surface area contributed by atoms with Gasteiger partial charge in [-0.15, -0.1) is 0 Å². The fourth-order valence-corrected chi connectivity index (χ4v) is 2.12. The van der Waals surface area contributed by atoms with Crippen LogP contribution in [0.15, 0.2) is 12.2 Å². The van der Waals surface area contributed by atoms with Gasteiger partial charge in [-0.25, -0.2) is 9.59 Å². The molecule has 1 heterocycles. The van der Waals surface area contributed by atoms with Gasteiger partial charge in [0, 0.05) is 37.8 Å². The van der Waals surface area contributed by atoms with E-state index in [1.807, 2.05) is 0 Å². The molecule has 4 N–H and O–H groups in total. The van der Waals surface area contributed by atoms with Gasteiger partial charge in [0.2, 0.25) is 0 Å². The molecule has 1 aliphatic heterocycles. The van der Waals surface area contributed by atoms with Crippen molar-refractivity contribution in [3.63, 3.8) is 0 Å². The average molecular weight is 446 g/mol. The Morgan fingerprint density at radius 2 is 0.742 bits per heavy atom. The molecule has 0 unspecified atom stereocenters. The minimum Gasteiger partial charge on any atom is -0.481 e. The summed E-state index contributed by atoms with van der Waals surface area (Å²) in [5.41, 5.74) is 0. The Morgan fingerprint density at radius 1 is 0.516 bits per heavy atom. The van der Waals surface area contributed by atoms with E-state index in [0.29, 0.717) is 12.8 Å². The molecular formula is C20H30O11. The highest BCUT2D eigenvalue weighted by molar-refractivity contribution is 6.04. The second-order valence-electron chi connectivity index (χ2n) is 6.48. The lowest BCUT2D eigenvalue weighted by Gasteiger charge is -1.98. The molecule has 0 amide bonds. The molecule has 0 fully saturated rings. The Bertz CT molecular complexity index is 571. The van der Waals surface area contributed by atoms with Gasteiger partial charge in [-0.2, -0.15) is 0 Å². The zero-order chi connectivity index (χ0) is 24.1. The van der Waals surface area contributed by atoms with Crippen molar-refractivity contribution in [3.05, 3.63) is 12.2 Å². The van der Waals surface area contributed by atoms with Gasteiger partial charge >= 0.3 is 35.8 Å². The number of unbranched alkanes of at least 4 members (excludes halogenated alkanes) is 6. The van der Waals surface area contributed by atoms with Crippen molar-refractivity contribution in [2.45, 2.75) is 77.0 Å². The zero-order valence-corrected chi connectivity index (χ0v) is 17.3. The quantitative estimate of drug-likeness (QED) is 0.174. The van der Waals surface area contributed by atoms with Crippen LogP contribution >= 0.6 is 0 Å². The zero-order valence-electron chi connectivity index (χ0n) is 17.3. The summed E-state index contributed by atoms with van der Waals surface area (Å²) in [7, 11) is 0. The number of ether oxygens (including phenoxy) is 1. The molecule has 11 heteroatoms.